The van der Waals surface area contributed by atoms with Crippen molar-refractivity contribution in [3.8, 4) is 21.7 Å². The van der Waals surface area contributed by atoms with E-state index in [1.54, 1.807) is 0 Å². The maximum atomic E-state index is 10.8. The lowest BCUT2D eigenvalue weighted by Gasteiger charge is -2.02. The molecule has 0 amide bonds. The molecule has 0 bridgehead atoms. The Labute approximate surface area is 141 Å². The SMILES string of the molecule is O=C(O)C(O)Sc1nc(-c2ccccc2)c(-c2ccccc2)s1. The van der Waals surface area contributed by atoms with Gasteiger partial charge in [0.15, 0.2) is 4.34 Å². The minimum Gasteiger partial charge on any atom is -0.479 e. The van der Waals surface area contributed by atoms with Crippen molar-refractivity contribution >= 4 is 29.1 Å². The van der Waals surface area contributed by atoms with Crippen LogP contribution in [0.5, 0.6) is 0 Å². The highest BCUT2D eigenvalue weighted by Crippen LogP contribution is 2.40. The molecule has 0 spiro atoms. The van der Waals surface area contributed by atoms with Crippen LogP contribution in [0.1, 0.15) is 0 Å². The average Bonchev–Trinajstić information content (AvgIpc) is 3.00. The van der Waals surface area contributed by atoms with Gasteiger partial charge in [-0.2, -0.15) is 0 Å². The number of aliphatic carboxylic acids is 1. The molecule has 23 heavy (non-hydrogen) atoms. The van der Waals surface area contributed by atoms with E-state index in [0.717, 1.165) is 33.5 Å². The summed E-state index contributed by atoms with van der Waals surface area (Å²) in [7, 11) is 0. The van der Waals surface area contributed by atoms with Crippen molar-refractivity contribution in [2.45, 2.75) is 9.78 Å². The van der Waals surface area contributed by atoms with Gasteiger partial charge < -0.3 is 10.2 Å². The molecule has 0 aliphatic carbocycles. The summed E-state index contributed by atoms with van der Waals surface area (Å²) >= 11 is 2.22. The predicted molar refractivity (Wildman–Crippen MR) is 92.5 cm³/mol. The van der Waals surface area contributed by atoms with Crippen LogP contribution in [0, 0.1) is 0 Å². The van der Waals surface area contributed by atoms with Gasteiger partial charge in [-0.05, 0) is 5.56 Å². The normalized spacial score (nSPS) is 12.0. The second kappa shape index (κ2) is 6.95. The van der Waals surface area contributed by atoms with Gasteiger partial charge in [-0.15, -0.1) is 11.3 Å². The number of aliphatic hydroxyl groups excluding tert-OH is 1. The summed E-state index contributed by atoms with van der Waals surface area (Å²) in [6.07, 6.45) is 0. The van der Waals surface area contributed by atoms with Gasteiger partial charge in [-0.1, -0.05) is 72.4 Å². The van der Waals surface area contributed by atoms with Gasteiger partial charge in [-0.25, -0.2) is 9.78 Å². The summed E-state index contributed by atoms with van der Waals surface area (Å²) in [6, 6.07) is 19.5. The van der Waals surface area contributed by atoms with E-state index >= 15 is 0 Å². The first-order valence-corrected chi connectivity index (χ1v) is 8.54. The number of carbonyl (C=O) groups is 1. The number of thioether (sulfide) groups is 1. The molecule has 0 fully saturated rings. The Morgan fingerprint density at radius 1 is 1.00 bits per heavy atom. The van der Waals surface area contributed by atoms with Crippen molar-refractivity contribution in [3.05, 3.63) is 60.7 Å². The lowest BCUT2D eigenvalue weighted by atomic mass is 10.1. The van der Waals surface area contributed by atoms with E-state index in [2.05, 4.69) is 4.98 Å². The van der Waals surface area contributed by atoms with Crippen LogP contribution in [0.4, 0.5) is 0 Å². The molecule has 0 saturated heterocycles. The van der Waals surface area contributed by atoms with Gasteiger partial charge in [0.1, 0.15) is 0 Å². The fourth-order valence-electron chi connectivity index (χ4n) is 2.07. The van der Waals surface area contributed by atoms with Gasteiger partial charge in [0, 0.05) is 5.56 Å². The molecule has 1 unspecified atom stereocenters. The van der Waals surface area contributed by atoms with Crippen molar-refractivity contribution in [3.63, 3.8) is 0 Å². The highest BCUT2D eigenvalue weighted by molar-refractivity contribution is 8.02. The van der Waals surface area contributed by atoms with Crippen LogP contribution in [0.2, 0.25) is 0 Å². The molecular weight excluding hydrogens is 330 g/mol. The maximum Gasteiger partial charge on any atom is 0.343 e. The molecule has 1 heterocycles. The van der Waals surface area contributed by atoms with Crippen LogP contribution < -0.4 is 0 Å². The smallest absolute Gasteiger partial charge is 0.343 e. The lowest BCUT2D eigenvalue weighted by molar-refractivity contribution is -0.141. The van der Waals surface area contributed by atoms with Gasteiger partial charge in [0.05, 0.1) is 10.6 Å². The van der Waals surface area contributed by atoms with Crippen molar-refractivity contribution in [2.24, 2.45) is 0 Å². The number of aromatic nitrogens is 1. The number of carboxylic acids is 1. The Morgan fingerprint density at radius 2 is 1.57 bits per heavy atom. The van der Waals surface area contributed by atoms with Crippen LogP contribution in [0.3, 0.4) is 0 Å². The molecule has 0 saturated carbocycles. The lowest BCUT2D eigenvalue weighted by Crippen LogP contribution is -2.14. The van der Waals surface area contributed by atoms with Gasteiger partial charge in [0.25, 0.3) is 0 Å². The summed E-state index contributed by atoms with van der Waals surface area (Å²) in [6.45, 7) is 0. The summed E-state index contributed by atoms with van der Waals surface area (Å²) in [5.41, 5.74) is 1.25. The van der Waals surface area contributed by atoms with E-state index in [0.29, 0.717) is 4.34 Å². The molecule has 2 aromatic carbocycles. The third-order valence-electron chi connectivity index (χ3n) is 3.11. The highest BCUT2D eigenvalue weighted by atomic mass is 32.2. The molecule has 1 atom stereocenters. The second-order valence-corrected chi connectivity index (χ2v) is 7.02. The number of aliphatic hydroxyl groups is 1. The molecule has 1 aromatic heterocycles. The van der Waals surface area contributed by atoms with Crippen LogP contribution >= 0.6 is 23.1 Å². The molecule has 4 nitrogen and oxygen atoms in total. The van der Waals surface area contributed by atoms with Gasteiger partial charge in [0.2, 0.25) is 5.44 Å². The molecule has 116 valence electrons. The van der Waals surface area contributed by atoms with Crippen molar-refractivity contribution in [2.75, 3.05) is 0 Å². The zero-order chi connectivity index (χ0) is 16.2. The Hall–Kier alpha value is -2.15. The summed E-state index contributed by atoms with van der Waals surface area (Å²) in [4.78, 5) is 16.3. The summed E-state index contributed by atoms with van der Waals surface area (Å²) < 4.78 is 0.526. The van der Waals surface area contributed by atoms with E-state index in [9.17, 15) is 9.90 Å². The van der Waals surface area contributed by atoms with Crippen LogP contribution in [-0.4, -0.2) is 26.6 Å². The predicted octanol–water partition coefficient (Wildman–Crippen LogP) is 3.97. The van der Waals surface area contributed by atoms with Crippen molar-refractivity contribution in [1.29, 1.82) is 0 Å². The molecule has 0 aliphatic heterocycles. The minimum absolute atomic E-state index is 0.526. The largest absolute Gasteiger partial charge is 0.479 e. The van der Waals surface area contributed by atoms with Crippen molar-refractivity contribution < 1.29 is 15.0 Å². The van der Waals surface area contributed by atoms with E-state index in [1.165, 1.54) is 11.3 Å². The number of thiazole rings is 1. The van der Waals surface area contributed by atoms with Crippen molar-refractivity contribution in [1.82, 2.24) is 4.98 Å². The summed E-state index contributed by atoms with van der Waals surface area (Å²) in [5, 5.41) is 18.4. The van der Waals surface area contributed by atoms with Crippen LogP contribution in [0.25, 0.3) is 21.7 Å². The first kappa shape index (κ1) is 15.7. The Morgan fingerprint density at radius 3 is 2.13 bits per heavy atom. The number of hydrogen-bond acceptors (Lipinski definition) is 5. The topological polar surface area (TPSA) is 70.4 Å². The van der Waals surface area contributed by atoms with E-state index in [-0.39, 0.29) is 0 Å². The maximum absolute atomic E-state index is 10.8. The van der Waals surface area contributed by atoms with Gasteiger partial charge in [-0.3, -0.25) is 0 Å². The molecule has 3 aromatic rings. The van der Waals surface area contributed by atoms with Crippen LogP contribution in [0.15, 0.2) is 65.0 Å². The third kappa shape index (κ3) is 3.61. The third-order valence-corrected chi connectivity index (χ3v) is 5.27. The van der Waals surface area contributed by atoms with Crippen LogP contribution in [-0.2, 0) is 4.79 Å². The summed E-state index contributed by atoms with van der Waals surface area (Å²) in [5.74, 6) is -1.27. The molecule has 3 rings (SSSR count). The molecule has 0 radical (unpaired) electrons. The monoisotopic (exact) mass is 343 g/mol. The standard InChI is InChI=1S/C17H13NO3S2/c19-15(20)16(21)23-17-18-13(11-7-3-1-4-8-11)14(22-17)12-9-5-2-6-10-12/h1-10,16,21H,(H,19,20). The first-order chi connectivity index (χ1) is 11.1. The Bertz CT molecular complexity index is 746. The highest BCUT2D eigenvalue weighted by Gasteiger charge is 2.20. The fourth-order valence-corrected chi connectivity index (χ4v) is 4.05. The Kier molecular flexibility index (Phi) is 4.76. The van der Waals surface area contributed by atoms with E-state index < -0.39 is 11.4 Å². The minimum atomic E-state index is -1.52. The zero-order valence-corrected chi connectivity index (χ0v) is 13.6. The second-order valence-electron chi connectivity index (χ2n) is 4.70. The Balaban J connectivity index is 2.06. The number of hydrogen-bond donors (Lipinski definition) is 2. The molecular formula is C17H13NO3S2. The molecule has 0 aliphatic rings. The number of rotatable bonds is 5. The number of benzene rings is 2. The number of carboxylic acid groups (broad SMARTS) is 1. The van der Waals surface area contributed by atoms with Gasteiger partial charge >= 0.3 is 5.97 Å². The first-order valence-electron chi connectivity index (χ1n) is 6.84. The molecule has 6 heteroatoms. The average molecular weight is 343 g/mol. The zero-order valence-electron chi connectivity index (χ0n) is 11.9. The van der Waals surface area contributed by atoms with E-state index in [1.807, 2.05) is 60.7 Å². The number of nitrogens with zero attached hydrogens (tertiary/aromatic N) is 1. The fraction of sp³-hybridized carbons (Fsp3) is 0.0588. The molecule has 2 N–H and O–H groups in total. The van der Waals surface area contributed by atoms with E-state index in [4.69, 9.17) is 5.11 Å². The quantitative estimate of drug-likeness (QED) is 0.542.